The Morgan fingerprint density at radius 3 is 2.83 bits per heavy atom. The van der Waals surface area contributed by atoms with Crippen molar-refractivity contribution in [2.75, 3.05) is 13.6 Å². The van der Waals surface area contributed by atoms with Crippen LogP contribution in [-0.4, -0.2) is 40.6 Å². The second-order valence-electron chi connectivity index (χ2n) is 4.02. The molecule has 1 unspecified atom stereocenters. The molecule has 18 heavy (non-hydrogen) atoms. The van der Waals surface area contributed by atoms with Crippen molar-refractivity contribution in [2.45, 2.75) is 19.4 Å². The van der Waals surface area contributed by atoms with Gasteiger partial charge in [-0.2, -0.15) is 0 Å². The molecular weight excluding hydrogens is 234 g/mol. The lowest BCUT2D eigenvalue weighted by Crippen LogP contribution is -2.39. The number of aliphatic carboxylic acids is 1. The Balaban J connectivity index is 2.46. The topological polar surface area (TPSA) is 82.5 Å². The minimum Gasteiger partial charge on any atom is -0.481 e. The van der Waals surface area contributed by atoms with E-state index in [0.29, 0.717) is 0 Å². The Labute approximate surface area is 106 Å². The van der Waals surface area contributed by atoms with Gasteiger partial charge in [-0.1, -0.05) is 6.07 Å². The summed E-state index contributed by atoms with van der Waals surface area (Å²) < 4.78 is 0. The fraction of sp³-hybridized carbons (Fsp3) is 0.417. The summed E-state index contributed by atoms with van der Waals surface area (Å²) in [6.45, 7) is 2.03. The number of carbonyl (C=O) groups excluding carboxylic acids is 1. The average molecular weight is 251 g/mol. The first-order chi connectivity index (χ1) is 8.50. The Kier molecular flexibility index (Phi) is 5.10. The highest BCUT2D eigenvalue weighted by atomic mass is 16.4. The number of hydrogen-bond donors (Lipinski definition) is 2. The highest BCUT2D eigenvalue weighted by molar-refractivity contribution is 5.75. The fourth-order valence-electron chi connectivity index (χ4n) is 1.38. The molecule has 0 aromatic carbocycles. The van der Waals surface area contributed by atoms with Crippen LogP contribution in [0.25, 0.3) is 0 Å². The summed E-state index contributed by atoms with van der Waals surface area (Å²) in [5, 5.41) is 11.3. The molecule has 0 saturated carbocycles. The van der Waals surface area contributed by atoms with E-state index in [2.05, 4.69) is 10.3 Å². The average Bonchev–Trinajstić information content (AvgIpc) is 2.36. The van der Waals surface area contributed by atoms with Gasteiger partial charge in [-0.25, -0.2) is 4.79 Å². The molecule has 0 saturated heterocycles. The Morgan fingerprint density at radius 2 is 2.28 bits per heavy atom. The van der Waals surface area contributed by atoms with Gasteiger partial charge in [0.05, 0.1) is 12.5 Å². The molecule has 1 rings (SSSR count). The summed E-state index contributed by atoms with van der Waals surface area (Å²) in [5.74, 6) is -0.921. The molecule has 0 radical (unpaired) electrons. The number of urea groups is 1. The second-order valence-corrected chi connectivity index (χ2v) is 4.02. The molecule has 1 atom stereocenters. The van der Waals surface area contributed by atoms with Crippen molar-refractivity contribution in [1.82, 2.24) is 15.2 Å². The zero-order valence-corrected chi connectivity index (χ0v) is 10.5. The van der Waals surface area contributed by atoms with Gasteiger partial charge < -0.3 is 15.3 Å². The van der Waals surface area contributed by atoms with Crippen LogP contribution in [-0.2, 0) is 4.79 Å². The lowest BCUT2D eigenvalue weighted by molar-refractivity contribution is -0.137. The van der Waals surface area contributed by atoms with Gasteiger partial charge in [0.1, 0.15) is 0 Å². The van der Waals surface area contributed by atoms with Gasteiger partial charge in [-0.3, -0.25) is 9.78 Å². The van der Waals surface area contributed by atoms with E-state index in [1.165, 1.54) is 4.90 Å². The molecule has 6 nitrogen and oxygen atoms in total. The van der Waals surface area contributed by atoms with Crippen LogP contribution in [0.4, 0.5) is 4.79 Å². The number of carboxylic acid groups (broad SMARTS) is 1. The van der Waals surface area contributed by atoms with Crippen LogP contribution in [0, 0.1) is 0 Å². The van der Waals surface area contributed by atoms with Crippen LogP contribution in [0.15, 0.2) is 24.5 Å². The second kappa shape index (κ2) is 6.58. The third-order valence-electron chi connectivity index (χ3n) is 2.53. The molecular formula is C12H17N3O3. The Morgan fingerprint density at radius 1 is 1.56 bits per heavy atom. The molecule has 2 N–H and O–H groups in total. The number of carboxylic acids is 1. The predicted molar refractivity (Wildman–Crippen MR) is 66.1 cm³/mol. The molecule has 1 heterocycles. The van der Waals surface area contributed by atoms with E-state index >= 15 is 0 Å². The summed E-state index contributed by atoms with van der Waals surface area (Å²) in [6.07, 6.45) is 3.28. The van der Waals surface area contributed by atoms with Gasteiger partial charge in [-0.15, -0.1) is 0 Å². The maximum absolute atomic E-state index is 11.7. The van der Waals surface area contributed by atoms with E-state index in [4.69, 9.17) is 5.11 Å². The summed E-state index contributed by atoms with van der Waals surface area (Å²) in [7, 11) is 1.56. The normalized spacial score (nSPS) is 11.7. The predicted octanol–water partition coefficient (Wildman–Crippen LogP) is 1.26. The number of rotatable bonds is 5. The van der Waals surface area contributed by atoms with E-state index in [-0.39, 0.29) is 25.0 Å². The maximum Gasteiger partial charge on any atom is 0.317 e. The first kappa shape index (κ1) is 14.0. The Hall–Kier alpha value is -2.11. The molecule has 2 amide bonds. The fourth-order valence-corrected chi connectivity index (χ4v) is 1.38. The number of carbonyl (C=O) groups is 2. The maximum atomic E-state index is 11.7. The van der Waals surface area contributed by atoms with Crippen LogP contribution in [0.1, 0.15) is 24.9 Å². The van der Waals surface area contributed by atoms with Gasteiger partial charge in [0.25, 0.3) is 0 Å². The summed E-state index contributed by atoms with van der Waals surface area (Å²) in [6, 6.07) is 3.20. The number of aromatic nitrogens is 1. The highest BCUT2D eigenvalue weighted by Gasteiger charge is 2.13. The number of nitrogens with one attached hydrogen (secondary N) is 1. The largest absolute Gasteiger partial charge is 0.481 e. The van der Waals surface area contributed by atoms with Crippen molar-refractivity contribution < 1.29 is 14.7 Å². The first-order valence-electron chi connectivity index (χ1n) is 5.64. The van der Waals surface area contributed by atoms with E-state index in [1.54, 1.807) is 25.5 Å². The van der Waals surface area contributed by atoms with Gasteiger partial charge in [0, 0.05) is 26.0 Å². The van der Waals surface area contributed by atoms with Crippen LogP contribution in [0.2, 0.25) is 0 Å². The number of hydrogen-bond acceptors (Lipinski definition) is 3. The quantitative estimate of drug-likeness (QED) is 0.825. The monoisotopic (exact) mass is 251 g/mol. The number of nitrogens with zero attached hydrogens (tertiary/aromatic N) is 2. The lowest BCUT2D eigenvalue weighted by atomic mass is 10.1. The molecule has 0 aliphatic carbocycles. The third-order valence-corrected chi connectivity index (χ3v) is 2.53. The van der Waals surface area contributed by atoms with Gasteiger partial charge >= 0.3 is 12.0 Å². The summed E-state index contributed by atoms with van der Waals surface area (Å²) in [5.41, 5.74) is 0.900. The van der Waals surface area contributed by atoms with E-state index in [0.717, 1.165) is 5.56 Å². The molecule has 1 aromatic rings. The third kappa shape index (κ3) is 4.40. The number of amides is 2. The molecule has 0 aliphatic heterocycles. The van der Waals surface area contributed by atoms with Crippen LogP contribution in [0.5, 0.6) is 0 Å². The van der Waals surface area contributed by atoms with Crippen molar-refractivity contribution >= 4 is 12.0 Å². The standard InChI is InChI=1S/C12H17N3O3/c1-9(10-4-3-6-13-8-10)14-12(18)15(2)7-5-11(16)17/h3-4,6,8-9H,5,7H2,1-2H3,(H,14,18)(H,16,17). The lowest BCUT2D eigenvalue weighted by Gasteiger charge is -2.20. The summed E-state index contributed by atoms with van der Waals surface area (Å²) in [4.78, 5) is 27.5. The van der Waals surface area contributed by atoms with Gasteiger partial charge in [0.2, 0.25) is 0 Å². The van der Waals surface area contributed by atoms with Crippen molar-refractivity contribution in [2.24, 2.45) is 0 Å². The van der Waals surface area contributed by atoms with Gasteiger partial charge in [-0.05, 0) is 18.6 Å². The van der Waals surface area contributed by atoms with Crippen LogP contribution < -0.4 is 5.32 Å². The minimum atomic E-state index is -0.921. The molecule has 1 aromatic heterocycles. The molecule has 0 bridgehead atoms. The summed E-state index contributed by atoms with van der Waals surface area (Å²) >= 11 is 0. The van der Waals surface area contributed by atoms with Crippen molar-refractivity contribution in [3.8, 4) is 0 Å². The zero-order chi connectivity index (χ0) is 13.5. The Bertz CT molecular complexity index is 408. The smallest absolute Gasteiger partial charge is 0.317 e. The highest BCUT2D eigenvalue weighted by Crippen LogP contribution is 2.09. The zero-order valence-electron chi connectivity index (χ0n) is 10.5. The number of pyridine rings is 1. The molecule has 0 spiro atoms. The first-order valence-corrected chi connectivity index (χ1v) is 5.64. The van der Waals surface area contributed by atoms with Crippen LogP contribution >= 0.6 is 0 Å². The van der Waals surface area contributed by atoms with E-state index < -0.39 is 5.97 Å². The minimum absolute atomic E-state index is 0.0643. The molecule has 0 fully saturated rings. The van der Waals surface area contributed by atoms with E-state index in [1.807, 2.05) is 13.0 Å². The van der Waals surface area contributed by atoms with Crippen LogP contribution in [0.3, 0.4) is 0 Å². The van der Waals surface area contributed by atoms with Crippen molar-refractivity contribution in [3.05, 3.63) is 30.1 Å². The van der Waals surface area contributed by atoms with Crippen molar-refractivity contribution in [3.63, 3.8) is 0 Å². The molecule has 98 valence electrons. The molecule has 0 aliphatic rings. The molecule has 6 heteroatoms. The van der Waals surface area contributed by atoms with E-state index in [9.17, 15) is 9.59 Å². The SMILES string of the molecule is CC(NC(=O)N(C)CCC(=O)O)c1cccnc1. The van der Waals surface area contributed by atoms with Gasteiger partial charge in [0.15, 0.2) is 0 Å². The van der Waals surface area contributed by atoms with Crippen molar-refractivity contribution in [1.29, 1.82) is 0 Å².